The van der Waals surface area contributed by atoms with Crippen LogP contribution in [-0.4, -0.2) is 38.0 Å². The zero-order valence-electron chi connectivity index (χ0n) is 8.20. The first-order valence-electron chi connectivity index (χ1n) is 5.19. The molecule has 2 aliphatic rings. The summed E-state index contributed by atoms with van der Waals surface area (Å²) in [6, 6.07) is 0. The highest BCUT2D eigenvalue weighted by Gasteiger charge is 2.39. The van der Waals surface area contributed by atoms with Crippen molar-refractivity contribution < 1.29 is 9.84 Å². The maximum Gasteiger partial charge on any atom is 0.0575 e. The third-order valence-electron chi connectivity index (χ3n) is 3.50. The van der Waals surface area contributed by atoms with Crippen molar-refractivity contribution in [3.63, 3.8) is 0 Å². The second-order valence-electron chi connectivity index (χ2n) is 4.44. The van der Waals surface area contributed by atoms with Gasteiger partial charge in [-0.05, 0) is 43.7 Å². The highest BCUT2D eigenvalue weighted by molar-refractivity contribution is 4.92. The SMILES string of the molecule is COCC1CC(O)C(C2CNC2)C1. The molecule has 13 heavy (non-hydrogen) atoms. The average Bonchev–Trinajstić information content (AvgIpc) is 2.30. The molecule has 3 nitrogen and oxygen atoms in total. The van der Waals surface area contributed by atoms with Crippen LogP contribution in [0.2, 0.25) is 0 Å². The fraction of sp³-hybridized carbons (Fsp3) is 1.00. The van der Waals surface area contributed by atoms with Gasteiger partial charge in [0.2, 0.25) is 0 Å². The highest BCUT2D eigenvalue weighted by Crippen LogP contribution is 2.37. The molecule has 0 radical (unpaired) electrons. The second kappa shape index (κ2) is 3.95. The molecule has 0 aromatic heterocycles. The van der Waals surface area contributed by atoms with Crippen LogP contribution in [-0.2, 0) is 4.74 Å². The van der Waals surface area contributed by atoms with E-state index in [1.165, 1.54) is 0 Å². The number of hydrogen-bond donors (Lipinski definition) is 2. The minimum absolute atomic E-state index is 0.0766. The van der Waals surface area contributed by atoms with E-state index in [0.717, 1.165) is 38.5 Å². The molecule has 0 aromatic carbocycles. The van der Waals surface area contributed by atoms with Crippen LogP contribution in [0.15, 0.2) is 0 Å². The summed E-state index contributed by atoms with van der Waals surface area (Å²) < 4.78 is 5.13. The monoisotopic (exact) mass is 185 g/mol. The second-order valence-corrected chi connectivity index (χ2v) is 4.44. The Morgan fingerprint density at radius 1 is 1.38 bits per heavy atom. The molecular formula is C10H19NO2. The zero-order valence-corrected chi connectivity index (χ0v) is 8.20. The van der Waals surface area contributed by atoms with Gasteiger partial charge in [0.05, 0.1) is 6.10 Å². The van der Waals surface area contributed by atoms with E-state index in [9.17, 15) is 5.11 Å². The molecule has 1 saturated heterocycles. The van der Waals surface area contributed by atoms with Gasteiger partial charge in [-0.15, -0.1) is 0 Å². The third-order valence-corrected chi connectivity index (χ3v) is 3.50. The largest absolute Gasteiger partial charge is 0.393 e. The lowest BCUT2D eigenvalue weighted by atomic mass is 9.84. The first-order valence-corrected chi connectivity index (χ1v) is 5.19. The zero-order chi connectivity index (χ0) is 9.26. The van der Waals surface area contributed by atoms with Crippen LogP contribution in [0.3, 0.4) is 0 Å². The maximum atomic E-state index is 9.84. The molecule has 0 spiro atoms. The van der Waals surface area contributed by atoms with E-state index >= 15 is 0 Å². The summed E-state index contributed by atoms with van der Waals surface area (Å²) in [5, 5.41) is 13.1. The van der Waals surface area contributed by atoms with Crippen molar-refractivity contribution in [3.8, 4) is 0 Å². The van der Waals surface area contributed by atoms with Gasteiger partial charge < -0.3 is 15.2 Å². The fourth-order valence-corrected chi connectivity index (χ4v) is 2.65. The lowest BCUT2D eigenvalue weighted by Gasteiger charge is -2.34. The Hall–Kier alpha value is -0.120. The topological polar surface area (TPSA) is 41.5 Å². The smallest absolute Gasteiger partial charge is 0.0575 e. The molecule has 3 atom stereocenters. The Bertz CT molecular complexity index is 170. The van der Waals surface area contributed by atoms with Crippen LogP contribution in [0, 0.1) is 17.8 Å². The van der Waals surface area contributed by atoms with Crippen LogP contribution in [0.25, 0.3) is 0 Å². The van der Waals surface area contributed by atoms with Gasteiger partial charge in [-0.2, -0.15) is 0 Å². The van der Waals surface area contributed by atoms with Crippen molar-refractivity contribution in [2.75, 3.05) is 26.8 Å². The Labute approximate surface area is 79.5 Å². The van der Waals surface area contributed by atoms with Gasteiger partial charge in [0, 0.05) is 13.7 Å². The summed E-state index contributed by atoms with van der Waals surface area (Å²) in [6.45, 7) is 3.01. The molecule has 76 valence electrons. The Kier molecular flexibility index (Phi) is 2.86. The number of nitrogens with one attached hydrogen (secondary N) is 1. The molecule has 1 saturated carbocycles. The van der Waals surface area contributed by atoms with Crippen LogP contribution < -0.4 is 5.32 Å². The van der Waals surface area contributed by atoms with E-state index in [4.69, 9.17) is 4.74 Å². The summed E-state index contributed by atoms with van der Waals surface area (Å²) in [5.74, 6) is 1.84. The van der Waals surface area contributed by atoms with Gasteiger partial charge in [0.1, 0.15) is 0 Å². The van der Waals surface area contributed by atoms with Gasteiger partial charge in [-0.1, -0.05) is 0 Å². The minimum atomic E-state index is -0.0766. The average molecular weight is 185 g/mol. The Morgan fingerprint density at radius 3 is 2.69 bits per heavy atom. The minimum Gasteiger partial charge on any atom is -0.393 e. The molecule has 0 amide bonds. The van der Waals surface area contributed by atoms with E-state index in [2.05, 4.69) is 5.32 Å². The Morgan fingerprint density at radius 2 is 2.15 bits per heavy atom. The molecule has 2 N–H and O–H groups in total. The summed E-state index contributed by atoms with van der Waals surface area (Å²) in [4.78, 5) is 0. The molecular weight excluding hydrogens is 166 g/mol. The normalized spacial score (nSPS) is 40.6. The molecule has 1 aliphatic heterocycles. The molecule has 0 aromatic rings. The first-order chi connectivity index (χ1) is 6.31. The number of aliphatic hydroxyl groups excluding tert-OH is 1. The Balaban J connectivity index is 1.84. The lowest BCUT2D eigenvalue weighted by molar-refractivity contribution is 0.0772. The standard InChI is InChI=1S/C10H19NO2/c1-13-6-7-2-9(10(12)3-7)8-4-11-5-8/h7-12H,2-6H2,1H3. The van der Waals surface area contributed by atoms with E-state index in [0.29, 0.717) is 11.8 Å². The van der Waals surface area contributed by atoms with Gasteiger partial charge in [0.15, 0.2) is 0 Å². The van der Waals surface area contributed by atoms with Gasteiger partial charge in [-0.3, -0.25) is 0 Å². The summed E-state index contributed by atoms with van der Waals surface area (Å²) in [5.41, 5.74) is 0. The van der Waals surface area contributed by atoms with Crippen molar-refractivity contribution in [1.29, 1.82) is 0 Å². The first kappa shape index (κ1) is 9.44. The molecule has 2 fully saturated rings. The predicted molar refractivity (Wildman–Crippen MR) is 50.5 cm³/mol. The van der Waals surface area contributed by atoms with Crippen LogP contribution in [0.1, 0.15) is 12.8 Å². The summed E-state index contributed by atoms with van der Waals surface area (Å²) in [7, 11) is 1.74. The molecule has 1 aliphatic carbocycles. The van der Waals surface area contributed by atoms with Crippen molar-refractivity contribution in [1.82, 2.24) is 5.32 Å². The number of methoxy groups -OCH3 is 1. The fourth-order valence-electron chi connectivity index (χ4n) is 2.65. The maximum absolute atomic E-state index is 9.84. The third kappa shape index (κ3) is 1.87. The van der Waals surface area contributed by atoms with Crippen LogP contribution in [0.5, 0.6) is 0 Å². The van der Waals surface area contributed by atoms with Crippen molar-refractivity contribution in [3.05, 3.63) is 0 Å². The summed E-state index contributed by atoms with van der Waals surface area (Å²) >= 11 is 0. The molecule has 2 rings (SSSR count). The highest BCUT2D eigenvalue weighted by atomic mass is 16.5. The van der Waals surface area contributed by atoms with E-state index in [1.807, 2.05) is 0 Å². The molecule has 0 bridgehead atoms. The van der Waals surface area contributed by atoms with E-state index in [1.54, 1.807) is 7.11 Å². The van der Waals surface area contributed by atoms with Crippen LogP contribution in [0.4, 0.5) is 0 Å². The van der Waals surface area contributed by atoms with Crippen molar-refractivity contribution in [2.24, 2.45) is 17.8 Å². The lowest BCUT2D eigenvalue weighted by Crippen LogP contribution is -2.47. The molecule has 3 unspecified atom stereocenters. The number of rotatable bonds is 3. The quantitative estimate of drug-likeness (QED) is 0.662. The van der Waals surface area contributed by atoms with Crippen LogP contribution >= 0.6 is 0 Å². The van der Waals surface area contributed by atoms with Crippen molar-refractivity contribution in [2.45, 2.75) is 18.9 Å². The molecule has 3 heteroatoms. The number of aliphatic hydroxyl groups is 1. The molecule has 1 heterocycles. The van der Waals surface area contributed by atoms with Crippen molar-refractivity contribution >= 4 is 0 Å². The van der Waals surface area contributed by atoms with E-state index in [-0.39, 0.29) is 6.10 Å². The van der Waals surface area contributed by atoms with Gasteiger partial charge in [-0.25, -0.2) is 0 Å². The van der Waals surface area contributed by atoms with E-state index < -0.39 is 0 Å². The van der Waals surface area contributed by atoms with Gasteiger partial charge >= 0.3 is 0 Å². The number of hydrogen-bond acceptors (Lipinski definition) is 3. The summed E-state index contributed by atoms with van der Waals surface area (Å²) in [6.07, 6.45) is 2.02. The van der Waals surface area contributed by atoms with Gasteiger partial charge in [0.25, 0.3) is 0 Å². The number of ether oxygens (including phenoxy) is 1. The predicted octanol–water partition coefficient (Wildman–Crippen LogP) is 0.239.